The maximum Gasteiger partial charge on any atom is 0.322 e. The second-order valence-electron chi connectivity index (χ2n) is 6.96. The van der Waals surface area contributed by atoms with Crippen molar-refractivity contribution in [1.82, 2.24) is 15.1 Å². The van der Waals surface area contributed by atoms with Gasteiger partial charge >= 0.3 is 6.03 Å². The minimum Gasteiger partial charge on any atom is -0.377 e. The summed E-state index contributed by atoms with van der Waals surface area (Å²) in [5.41, 5.74) is 5.97. The maximum absolute atomic E-state index is 12.9. The normalized spacial score (nSPS) is 17.3. The molecule has 0 radical (unpaired) electrons. The highest BCUT2D eigenvalue weighted by Crippen LogP contribution is 2.29. The number of hydrogen-bond donors (Lipinski definition) is 2. The molecule has 1 aromatic carbocycles. The molecule has 1 aliphatic heterocycles. The Balaban J connectivity index is 1.80. The van der Waals surface area contributed by atoms with Gasteiger partial charge in [-0.2, -0.15) is 5.10 Å². The van der Waals surface area contributed by atoms with Crippen LogP contribution >= 0.6 is 0 Å². The van der Waals surface area contributed by atoms with E-state index in [4.69, 9.17) is 4.74 Å². The fraction of sp³-hybridized carbons (Fsp3) is 0.474. The number of nitrogens with one attached hydrogen (secondary N) is 2. The minimum absolute atomic E-state index is 0.115. The van der Waals surface area contributed by atoms with Crippen LogP contribution in [0.1, 0.15) is 28.6 Å². The molecular formula is C19H27N5O2. The van der Waals surface area contributed by atoms with Crippen molar-refractivity contribution in [3.8, 4) is 0 Å². The van der Waals surface area contributed by atoms with Crippen molar-refractivity contribution in [2.24, 2.45) is 0 Å². The SMILES string of the molecule is Cc1cc(NC(=O)N2CCOC[C@@H]2c2c(C)n[nH]c2C)ccc1N(C)C. The van der Waals surface area contributed by atoms with Gasteiger partial charge in [-0.1, -0.05) is 0 Å². The number of carbonyl (C=O) groups excluding carboxylic acids is 1. The summed E-state index contributed by atoms with van der Waals surface area (Å²) in [7, 11) is 4.02. The van der Waals surface area contributed by atoms with Crippen molar-refractivity contribution in [3.63, 3.8) is 0 Å². The molecular weight excluding hydrogens is 330 g/mol. The van der Waals surface area contributed by atoms with Gasteiger partial charge in [-0.25, -0.2) is 4.79 Å². The number of aromatic nitrogens is 2. The fourth-order valence-electron chi connectivity index (χ4n) is 3.57. The highest BCUT2D eigenvalue weighted by molar-refractivity contribution is 5.90. The predicted octanol–water partition coefficient (Wildman–Crippen LogP) is 3.01. The lowest BCUT2D eigenvalue weighted by atomic mass is 10.0. The molecule has 2 heterocycles. The predicted molar refractivity (Wildman–Crippen MR) is 103 cm³/mol. The summed E-state index contributed by atoms with van der Waals surface area (Å²) < 4.78 is 5.64. The van der Waals surface area contributed by atoms with E-state index < -0.39 is 0 Å². The molecule has 2 N–H and O–H groups in total. The number of urea groups is 1. The van der Waals surface area contributed by atoms with Crippen LogP contribution in [0.15, 0.2) is 18.2 Å². The molecule has 0 aliphatic carbocycles. The van der Waals surface area contributed by atoms with E-state index in [1.54, 1.807) is 0 Å². The number of amides is 2. The van der Waals surface area contributed by atoms with Crippen molar-refractivity contribution in [2.75, 3.05) is 44.1 Å². The van der Waals surface area contributed by atoms with Crippen molar-refractivity contribution in [1.29, 1.82) is 0 Å². The Morgan fingerprint density at radius 3 is 2.73 bits per heavy atom. The summed E-state index contributed by atoms with van der Waals surface area (Å²) in [5.74, 6) is 0. The molecule has 1 aliphatic rings. The van der Waals surface area contributed by atoms with Crippen LogP contribution in [0.4, 0.5) is 16.2 Å². The summed E-state index contributed by atoms with van der Waals surface area (Å²) in [5, 5.41) is 10.3. The number of H-pyrrole nitrogens is 1. The molecule has 140 valence electrons. The van der Waals surface area contributed by atoms with Crippen LogP contribution in [-0.4, -0.2) is 55.0 Å². The number of ether oxygens (including phenoxy) is 1. The Kier molecular flexibility index (Phi) is 5.18. The number of benzene rings is 1. The molecule has 0 unspecified atom stereocenters. The zero-order chi connectivity index (χ0) is 18.8. The first-order valence-electron chi connectivity index (χ1n) is 8.83. The van der Waals surface area contributed by atoms with Crippen LogP contribution < -0.4 is 10.2 Å². The maximum atomic E-state index is 12.9. The standard InChI is InChI=1S/C19H27N5O2/c1-12-10-15(6-7-16(12)23(4)5)20-19(25)24-8-9-26-11-17(24)18-13(2)21-22-14(18)3/h6-7,10,17H,8-9,11H2,1-5H3,(H,20,25)(H,21,22)/t17-/m1/s1. The Morgan fingerprint density at radius 1 is 1.35 bits per heavy atom. The smallest absolute Gasteiger partial charge is 0.322 e. The van der Waals surface area contributed by atoms with E-state index in [1.807, 2.05) is 58.0 Å². The van der Waals surface area contributed by atoms with Gasteiger partial charge in [-0.05, 0) is 44.5 Å². The van der Waals surface area contributed by atoms with Gasteiger partial charge in [0, 0.05) is 43.3 Å². The van der Waals surface area contributed by atoms with Gasteiger partial charge < -0.3 is 19.9 Å². The molecule has 0 spiro atoms. The first kappa shape index (κ1) is 18.3. The van der Waals surface area contributed by atoms with Gasteiger partial charge in [0.1, 0.15) is 0 Å². The number of aryl methyl sites for hydroxylation is 3. The Morgan fingerprint density at radius 2 is 2.12 bits per heavy atom. The molecule has 7 heteroatoms. The number of aromatic amines is 1. The quantitative estimate of drug-likeness (QED) is 0.886. The number of morpholine rings is 1. The van der Waals surface area contributed by atoms with E-state index in [-0.39, 0.29) is 12.1 Å². The summed E-state index contributed by atoms with van der Waals surface area (Å²) in [6.45, 7) is 7.54. The summed E-state index contributed by atoms with van der Waals surface area (Å²) in [6, 6.07) is 5.70. The highest BCUT2D eigenvalue weighted by atomic mass is 16.5. The lowest BCUT2D eigenvalue weighted by molar-refractivity contribution is 0.0143. The lowest BCUT2D eigenvalue weighted by Crippen LogP contribution is -2.45. The number of hydrogen-bond acceptors (Lipinski definition) is 4. The second kappa shape index (κ2) is 7.37. The van der Waals surface area contributed by atoms with Gasteiger partial charge in [0.2, 0.25) is 0 Å². The van der Waals surface area contributed by atoms with Crippen LogP contribution in [0.25, 0.3) is 0 Å². The van der Waals surface area contributed by atoms with Crippen molar-refractivity contribution in [3.05, 3.63) is 40.7 Å². The number of anilines is 2. The van der Waals surface area contributed by atoms with Gasteiger partial charge in [0.25, 0.3) is 0 Å². The third kappa shape index (κ3) is 3.53. The van der Waals surface area contributed by atoms with Gasteiger partial charge in [0.05, 0.1) is 24.9 Å². The number of rotatable bonds is 3. The van der Waals surface area contributed by atoms with Crippen molar-refractivity contribution in [2.45, 2.75) is 26.8 Å². The van der Waals surface area contributed by atoms with Crippen molar-refractivity contribution >= 4 is 17.4 Å². The van der Waals surface area contributed by atoms with Crippen molar-refractivity contribution < 1.29 is 9.53 Å². The molecule has 2 aromatic rings. The third-order valence-corrected chi connectivity index (χ3v) is 4.84. The Labute approximate surface area is 154 Å². The number of nitrogens with zero attached hydrogens (tertiary/aromatic N) is 3. The molecule has 1 fully saturated rings. The third-order valence-electron chi connectivity index (χ3n) is 4.84. The first-order chi connectivity index (χ1) is 12.4. The molecule has 26 heavy (non-hydrogen) atoms. The molecule has 0 bridgehead atoms. The average Bonchev–Trinajstić information content (AvgIpc) is 2.93. The Hall–Kier alpha value is -2.54. The second-order valence-corrected chi connectivity index (χ2v) is 6.96. The van der Waals surface area contributed by atoms with E-state index in [2.05, 4.69) is 20.4 Å². The van der Waals surface area contributed by atoms with Gasteiger partial charge in [-0.3, -0.25) is 5.10 Å². The van der Waals surface area contributed by atoms with E-state index >= 15 is 0 Å². The fourth-order valence-corrected chi connectivity index (χ4v) is 3.57. The molecule has 7 nitrogen and oxygen atoms in total. The molecule has 1 aromatic heterocycles. The van der Waals surface area contributed by atoms with Crippen LogP contribution in [0.2, 0.25) is 0 Å². The zero-order valence-corrected chi connectivity index (χ0v) is 16.1. The number of carbonyl (C=O) groups is 1. The zero-order valence-electron chi connectivity index (χ0n) is 16.1. The van der Waals surface area contributed by atoms with Gasteiger partial charge in [-0.15, -0.1) is 0 Å². The summed E-state index contributed by atoms with van der Waals surface area (Å²) in [4.78, 5) is 16.8. The molecule has 2 amide bonds. The minimum atomic E-state index is -0.135. The van der Waals surface area contributed by atoms with E-state index in [0.717, 1.165) is 33.9 Å². The lowest BCUT2D eigenvalue weighted by Gasteiger charge is -2.36. The molecule has 1 saturated heterocycles. The molecule has 1 atom stereocenters. The summed E-state index contributed by atoms with van der Waals surface area (Å²) >= 11 is 0. The van der Waals surface area contributed by atoms with Crippen LogP contribution in [0.3, 0.4) is 0 Å². The molecule has 3 rings (SSSR count). The van der Waals surface area contributed by atoms with E-state index in [1.165, 1.54) is 0 Å². The largest absolute Gasteiger partial charge is 0.377 e. The monoisotopic (exact) mass is 357 g/mol. The van der Waals surface area contributed by atoms with E-state index in [0.29, 0.717) is 19.8 Å². The van der Waals surface area contributed by atoms with E-state index in [9.17, 15) is 4.79 Å². The Bertz CT molecular complexity index is 780. The molecule has 0 saturated carbocycles. The average molecular weight is 357 g/mol. The van der Waals surface area contributed by atoms with Gasteiger partial charge in [0.15, 0.2) is 0 Å². The van der Waals surface area contributed by atoms with Crippen LogP contribution in [0, 0.1) is 20.8 Å². The highest BCUT2D eigenvalue weighted by Gasteiger charge is 2.32. The van der Waals surface area contributed by atoms with Crippen LogP contribution in [-0.2, 0) is 4.74 Å². The summed E-state index contributed by atoms with van der Waals surface area (Å²) in [6.07, 6.45) is 0. The van der Waals surface area contributed by atoms with Crippen LogP contribution in [0.5, 0.6) is 0 Å². The first-order valence-corrected chi connectivity index (χ1v) is 8.83. The topological polar surface area (TPSA) is 73.5 Å².